The fourth-order valence-corrected chi connectivity index (χ4v) is 5.98. The molecule has 1 unspecified atom stereocenters. The van der Waals surface area contributed by atoms with E-state index >= 15 is 0 Å². The number of hydrogen-bond donors (Lipinski definition) is 0. The normalized spacial score (nSPS) is 19.4. The van der Waals surface area contributed by atoms with Gasteiger partial charge in [0.2, 0.25) is 0 Å². The van der Waals surface area contributed by atoms with E-state index in [2.05, 4.69) is 100 Å². The Morgan fingerprint density at radius 3 is 2.31 bits per heavy atom. The summed E-state index contributed by atoms with van der Waals surface area (Å²) in [5.41, 5.74) is 6.81. The molecule has 2 aromatic carbocycles. The van der Waals surface area contributed by atoms with E-state index in [-0.39, 0.29) is 0 Å². The number of fused-ring (bicyclic) bond motifs is 6. The molecule has 0 fully saturated rings. The molecule has 2 heteroatoms. The number of rotatable bonds is 2. The highest BCUT2D eigenvalue weighted by Crippen LogP contribution is 2.35. The molecule has 2 aromatic heterocycles. The van der Waals surface area contributed by atoms with Crippen LogP contribution >= 0.6 is 0 Å². The first-order valence-electron chi connectivity index (χ1n) is 11.9. The average molecular weight is 415 g/mol. The van der Waals surface area contributed by atoms with Crippen LogP contribution in [0.1, 0.15) is 43.0 Å². The Kier molecular flexibility index (Phi) is 3.96. The van der Waals surface area contributed by atoms with Crippen molar-refractivity contribution >= 4 is 45.7 Å². The summed E-state index contributed by atoms with van der Waals surface area (Å²) >= 11 is 0. The van der Waals surface area contributed by atoms with Crippen molar-refractivity contribution in [3.05, 3.63) is 94.7 Å². The number of allylic oxidation sites excluding steroid dienone is 5. The molecule has 7 rings (SSSR count). The Bertz CT molecular complexity index is 1550. The predicted octanol–water partition coefficient (Wildman–Crippen LogP) is 5.95. The molecule has 0 bridgehead atoms. The topological polar surface area (TPSA) is 9.86 Å². The van der Waals surface area contributed by atoms with Crippen molar-refractivity contribution in [3.8, 4) is 0 Å². The zero-order valence-corrected chi connectivity index (χ0v) is 18.2. The van der Waals surface area contributed by atoms with Crippen molar-refractivity contribution in [2.45, 2.75) is 38.1 Å². The Hall–Kier alpha value is -3.52. The highest BCUT2D eigenvalue weighted by Gasteiger charge is 2.23. The molecule has 0 amide bonds. The molecule has 2 nitrogen and oxygen atoms in total. The van der Waals surface area contributed by atoms with Gasteiger partial charge in [-0.15, -0.1) is 0 Å². The smallest absolute Gasteiger partial charge is 0.0580 e. The largest absolute Gasteiger partial charge is 0.334 e. The fraction of sp³-hybridized carbons (Fsp3) is 0.200. The fourth-order valence-electron chi connectivity index (χ4n) is 5.98. The second-order valence-corrected chi connectivity index (χ2v) is 9.13. The lowest BCUT2D eigenvalue weighted by Gasteiger charge is -2.23. The zero-order valence-electron chi connectivity index (χ0n) is 18.2. The van der Waals surface area contributed by atoms with Gasteiger partial charge in [-0.05, 0) is 73.2 Å². The first-order valence-corrected chi connectivity index (χ1v) is 11.9. The highest BCUT2D eigenvalue weighted by atomic mass is 15.0. The van der Waals surface area contributed by atoms with E-state index in [4.69, 9.17) is 0 Å². The van der Waals surface area contributed by atoms with E-state index < -0.39 is 0 Å². The van der Waals surface area contributed by atoms with Crippen LogP contribution in [0, 0.1) is 0 Å². The third kappa shape index (κ3) is 2.53. The lowest BCUT2D eigenvalue weighted by molar-refractivity contribution is 0.588. The summed E-state index contributed by atoms with van der Waals surface area (Å²) in [6.07, 6.45) is 22.5. The maximum atomic E-state index is 2.62. The minimum atomic E-state index is 0.331. The number of para-hydroxylation sites is 2. The van der Waals surface area contributed by atoms with Gasteiger partial charge in [0.15, 0.2) is 0 Å². The molecular weight excluding hydrogens is 388 g/mol. The van der Waals surface area contributed by atoms with Gasteiger partial charge >= 0.3 is 0 Å². The third-order valence-corrected chi connectivity index (χ3v) is 7.32. The van der Waals surface area contributed by atoms with Gasteiger partial charge in [0.25, 0.3) is 0 Å². The molecule has 3 aliphatic carbocycles. The number of hydrogen-bond acceptors (Lipinski definition) is 0. The third-order valence-electron chi connectivity index (χ3n) is 7.32. The second-order valence-electron chi connectivity index (χ2n) is 9.13. The van der Waals surface area contributed by atoms with Gasteiger partial charge in [0.1, 0.15) is 0 Å². The van der Waals surface area contributed by atoms with Gasteiger partial charge in [-0.1, -0.05) is 60.7 Å². The maximum absolute atomic E-state index is 2.62. The molecule has 0 saturated carbocycles. The maximum Gasteiger partial charge on any atom is 0.0580 e. The quantitative estimate of drug-likeness (QED) is 0.383. The first kappa shape index (κ1) is 18.1. The van der Waals surface area contributed by atoms with Crippen LogP contribution in [-0.2, 0) is 6.42 Å². The summed E-state index contributed by atoms with van der Waals surface area (Å²) in [7, 11) is 0. The predicted molar refractivity (Wildman–Crippen MR) is 136 cm³/mol. The summed E-state index contributed by atoms with van der Waals surface area (Å²) in [4.78, 5) is 0. The van der Waals surface area contributed by atoms with Crippen LogP contribution in [0.15, 0.2) is 72.8 Å². The van der Waals surface area contributed by atoms with E-state index in [1.807, 2.05) is 0 Å². The van der Waals surface area contributed by atoms with Crippen LogP contribution in [0.25, 0.3) is 45.7 Å². The summed E-state index contributed by atoms with van der Waals surface area (Å²) in [6, 6.07) is 17.9. The summed E-state index contributed by atoms with van der Waals surface area (Å²) < 4.78 is 5.06. The molecule has 1 atom stereocenters. The molecule has 0 radical (unpaired) electrons. The van der Waals surface area contributed by atoms with Gasteiger partial charge in [-0.25, -0.2) is 0 Å². The van der Waals surface area contributed by atoms with Crippen molar-refractivity contribution in [1.29, 1.82) is 0 Å². The second kappa shape index (κ2) is 7.00. The van der Waals surface area contributed by atoms with Crippen LogP contribution in [0.5, 0.6) is 0 Å². The molecule has 0 saturated heterocycles. The van der Waals surface area contributed by atoms with Crippen molar-refractivity contribution in [3.63, 3.8) is 0 Å². The number of aromatic nitrogens is 2. The Balaban J connectivity index is 1.47. The lowest BCUT2D eigenvalue weighted by Crippen LogP contribution is -2.34. The van der Waals surface area contributed by atoms with Crippen LogP contribution in [0.2, 0.25) is 0 Å². The van der Waals surface area contributed by atoms with Gasteiger partial charge in [0, 0.05) is 27.5 Å². The molecule has 0 spiro atoms. The molecule has 2 heterocycles. The average Bonchev–Trinajstić information content (AvgIpc) is 3.37. The molecular formula is C30H26N2. The van der Waals surface area contributed by atoms with E-state index in [9.17, 15) is 0 Å². The van der Waals surface area contributed by atoms with Gasteiger partial charge < -0.3 is 9.13 Å². The lowest BCUT2D eigenvalue weighted by atomic mass is 10.0. The Labute approximate surface area is 187 Å². The van der Waals surface area contributed by atoms with E-state index in [0.717, 1.165) is 25.7 Å². The molecule has 0 aliphatic heterocycles. The molecule has 0 N–H and O–H groups in total. The van der Waals surface area contributed by atoms with Gasteiger partial charge in [0.05, 0.1) is 17.1 Å². The summed E-state index contributed by atoms with van der Waals surface area (Å²) in [5, 5.41) is 5.57. The number of nitrogens with zero attached hydrogens (tertiary/aromatic N) is 2. The minimum absolute atomic E-state index is 0.331. The van der Waals surface area contributed by atoms with Crippen molar-refractivity contribution in [2.75, 3.05) is 0 Å². The van der Waals surface area contributed by atoms with Crippen molar-refractivity contribution in [1.82, 2.24) is 9.13 Å². The molecule has 3 aliphatic rings. The summed E-state index contributed by atoms with van der Waals surface area (Å²) in [6.45, 7) is 0. The number of benzene rings is 2. The van der Waals surface area contributed by atoms with Crippen molar-refractivity contribution < 1.29 is 0 Å². The van der Waals surface area contributed by atoms with Gasteiger partial charge in [-0.2, -0.15) is 0 Å². The minimum Gasteiger partial charge on any atom is -0.334 e. The Morgan fingerprint density at radius 1 is 0.750 bits per heavy atom. The standard InChI is InChI=1S/C30H26N2/c1-5-16-27-23(12-1)24-13-2-6-17-28(24)31(27)21-10-9-11-22(20-21)32-29-18-7-3-14-25(29)26-15-4-8-19-30(26)32/h1-2,5-7,9-10,12-13,15-20,22H,3-4,8,11,14H2. The SMILES string of the molecule is C1=Cc2c(c3c(n2C2C=C(n4c5ccccc5c5ccccc54)C=CC2)=CCCC=3)CC1. The highest BCUT2D eigenvalue weighted by molar-refractivity contribution is 6.10. The van der Waals surface area contributed by atoms with Crippen LogP contribution < -0.4 is 10.6 Å². The Morgan fingerprint density at radius 2 is 1.50 bits per heavy atom. The molecule has 4 aromatic rings. The van der Waals surface area contributed by atoms with E-state index in [0.29, 0.717) is 6.04 Å². The van der Waals surface area contributed by atoms with Gasteiger partial charge in [-0.3, -0.25) is 0 Å². The van der Waals surface area contributed by atoms with E-state index in [1.165, 1.54) is 50.2 Å². The van der Waals surface area contributed by atoms with Crippen molar-refractivity contribution in [2.24, 2.45) is 0 Å². The molecule has 32 heavy (non-hydrogen) atoms. The summed E-state index contributed by atoms with van der Waals surface area (Å²) in [5.74, 6) is 0. The first-order chi connectivity index (χ1) is 15.9. The van der Waals surface area contributed by atoms with Crippen LogP contribution in [-0.4, -0.2) is 9.13 Å². The van der Waals surface area contributed by atoms with E-state index in [1.54, 1.807) is 5.56 Å². The monoisotopic (exact) mass is 414 g/mol. The molecule has 156 valence electrons. The van der Waals surface area contributed by atoms with Crippen LogP contribution in [0.3, 0.4) is 0 Å². The zero-order chi connectivity index (χ0) is 21.1. The van der Waals surface area contributed by atoms with Crippen LogP contribution in [0.4, 0.5) is 0 Å².